The average molecular weight is 458 g/mol. The monoisotopic (exact) mass is 457 g/mol. The van der Waals surface area contributed by atoms with Crippen LogP contribution in [0.4, 0.5) is 4.39 Å². The van der Waals surface area contributed by atoms with E-state index in [9.17, 15) is 9.18 Å². The summed E-state index contributed by atoms with van der Waals surface area (Å²) in [6, 6.07) is 21.1. The van der Waals surface area contributed by atoms with Crippen LogP contribution in [0.5, 0.6) is 0 Å². The average Bonchev–Trinajstić information content (AvgIpc) is 3.24. The van der Waals surface area contributed by atoms with Gasteiger partial charge in [-0.05, 0) is 47.9 Å². The zero-order valence-corrected chi connectivity index (χ0v) is 19.1. The molecule has 0 aliphatic carbocycles. The van der Waals surface area contributed by atoms with E-state index in [2.05, 4.69) is 50.9 Å². The molecule has 1 unspecified atom stereocenters. The minimum Gasteiger partial charge on any atom is -0.344 e. The van der Waals surface area contributed by atoms with Crippen molar-refractivity contribution in [3.63, 3.8) is 0 Å². The summed E-state index contributed by atoms with van der Waals surface area (Å²) in [4.78, 5) is 15.7. The predicted octanol–water partition coefficient (Wildman–Crippen LogP) is 4.05. The second-order valence-electron chi connectivity index (χ2n) is 8.84. The largest absolute Gasteiger partial charge is 0.344 e. The molecule has 2 heterocycles. The number of aromatic amines is 1. The molecule has 1 aromatic heterocycles. The van der Waals surface area contributed by atoms with Gasteiger partial charge in [0.25, 0.3) is 5.91 Å². The Morgan fingerprint density at radius 1 is 1.06 bits per heavy atom. The minimum absolute atomic E-state index is 0.120. The standard InChI is InChI=1S/C27H28FN5O/c1-18-4-2-6-21(14-18)25(17-33-12-10-29-11-13-33)30-27(34)22-7-3-5-19(15-22)20-8-9-24-23(16-20)26(28)32-31-24/h2-9,14-16,25,29H,10-13,17H2,1H3,(H,30,34)(H,31,32). The van der Waals surface area contributed by atoms with Gasteiger partial charge in [0.2, 0.25) is 5.95 Å². The minimum atomic E-state index is -0.459. The van der Waals surface area contributed by atoms with Crippen molar-refractivity contribution in [2.24, 2.45) is 0 Å². The molecule has 3 aromatic carbocycles. The molecule has 5 rings (SSSR count). The molecule has 1 amide bonds. The number of nitrogens with one attached hydrogen (secondary N) is 3. The van der Waals surface area contributed by atoms with Crippen molar-refractivity contribution in [2.75, 3.05) is 32.7 Å². The third-order valence-corrected chi connectivity index (χ3v) is 6.37. The van der Waals surface area contributed by atoms with E-state index in [-0.39, 0.29) is 11.9 Å². The molecule has 34 heavy (non-hydrogen) atoms. The Morgan fingerprint density at radius 3 is 2.68 bits per heavy atom. The molecule has 1 aliphatic heterocycles. The van der Waals surface area contributed by atoms with Gasteiger partial charge in [-0.3, -0.25) is 14.8 Å². The van der Waals surface area contributed by atoms with Crippen LogP contribution in [0.15, 0.2) is 66.7 Å². The number of benzene rings is 3. The van der Waals surface area contributed by atoms with E-state index in [0.29, 0.717) is 16.5 Å². The quantitative estimate of drug-likeness (QED) is 0.408. The van der Waals surface area contributed by atoms with E-state index in [0.717, 1.165) is 49.4 Å². The van der Waals surface area contributed by atoms with Crippen LogP contribution in [0.2, 0.25) is 0 Å². The van der Waals surface area contributed by atoms with Crippen molar-refractivity contribution in [1.82, 2.24) is 25.7 Å². The Labute approximate surface area is 198 Å². The van der Waals surface area contributed by atoms with Crippen molar-refractivity contribution < 1.29 is 9.18 Å². The van der Waals surface area contributed by atoms with Crippen molar-refractivity contribution in [2.45, 2.75) is 13.0 Å². The SMILES string of the molecule is Cc1cccc(C(CN2CCNCC2)NC(=O)c2cccc(-c3ccc4n[nH]c(F)c4c3)c2)c1. The smallest absolute Gasteiger partial charge is 0.251 e. The van der Waals surface area contributed by atoms with Crippen LogP contribution in [0.3, 0.4) is 0 Å². The van der Waals surface area contributed by atoms with Crippen molar-refractivity contribution in [3.8, 4) is 11.1 Å². The third kappa shape index (κ3) is 4.85. The van der Waals surface area contributed by atoms with Crippen LogP contribution >= 0.6 is 0 Å². The van der Waals surface area contributed by atoms with Gasteiger partial charge in [0.15, 0.2) is 0 Å². The van der Waals surface area contributed by atoms with E-state index >= 15 is 0 Å². The van der Waals surface area contributed by atoms with E-state index in [4.69, 9.17) is 0 Å². The number of nitrogens with zero attached hydrogens (tertiary/aromatic N) is 2. The topological polar surface area (TPSA) is 73.0 Å². The number of carbonyl (C=O) groups is 1. The first-order chi connectivity index (χ1) is 16.6. The van der Waals surface area contributed by atoms with Crippen LogP contribution in [0.1, 0.15) is 27.5 Å². The van der Waals surface area contributed by atoms with Crippen LogP contribution in [-0.2, 0) is 0 Å². The number of hydrogen-bond donors (Lipinski definition) is 3. The molecule has 1 saturated heterocycles. The van der Waals surface area contributed by atoms with Crippen LogP contribution in [-0.4, -0.2) is 53.7 Å². The summed E-state index contributed by atoms with van der Waals surface area (Å²) in [6.45, 7) is 6.65. The van der Waals surface area contributed by atoms with E-state index in [1.54, 1.807) is 12.1 Å². The number of piperazine rings is 1. The first-order valence-electron chi connectivity index (χ1n) is 11.6. The number of halogens is 1. The molecule has 0 spiro atoms. The Bertz CT molecular complexity index is 1310. The number of carbonyl (C=O) groups excluding carboxylic acids is 1. The van der Waals surface area contributed by atoms with Gasteiger partial charge < -0.3 is 10.6 Å². The third-order valence-electron chi connectivity index (χ3n) is 6.37. The van der Waals surface area contributed by atoms with Crippen molar-refractivity contribution in [1.29, 1.82) is 0 Å². The zero-order valence-electron chi connectivity index (χ0n) is 19.1. The van der Waals surface area contributed by atoms with Gasteiger partial charge in [-0.15, -0.1) is 0 Å². The summed E-state index contributed by atoms with van der Waals surface area (Å²) in [6.07, 6.45) is 0. The molecule has 6 nitrogen and oxygen atoms in total. The number of H-pyrrole nitrogens is 1. The molecular weight excluding hydrogens is 429 g/mol. The van der Waals surface area contributed by atoms with Gasteiger partial charge in [-0.2, -0.15) is 9.49 Å². The number of hydrogen-bond acceptors (Lipinski definition) is 4. The highest BCUT2D eigenvalue weighted by Crippen LogP contribution is 2.26. The lowest BCUT2D eigenvalue weighted by Crippen LogP contribution is -2.47. The van der Waals surface area contributed by atoms with Crippen LogP contribution in [0.25, 0.3) is 22.0 Å². The second kappa shape index (κ2) is 9.75. The summed E-state index contributed by atoms with van der Waals surface area (Å²) in [5.74, 6) is -0.585. The number of fused-ring (bicyclic) bond motifs is 1. The number of amides is 1. The molecule has 7 heteroatoms. The molecule has 0 bridgehead atoms. The highest BCUT2D eigenvalue weighted by Gasteiger charge is 2.21. The second-order valence-corrected chi connectivity index (χ2v) is 8.84. The fraction of sp³-hybridized carbons (Fsp3) is 0.259. The first-order valence-corrected chi connectivity index (χ1v) is 11.6. The summed E-state index contributed by atoms with van der Waals surface area (Å²) >= 11 is 0. The lowest BCUT2D eigenvalue weighted by atomic mass is 10.0. The highest BCUT2D eigenvalue weighted by atomic mass is 19.1. The Balaban J connectivity index is 1.39. The van der Waals surface area contributed by atoms with Crippen LogP contribution in [0, 0.1) is 12.9 Å². The van der Waals surface area contributed by atoms with Gasteiger partial charge in [-0.1, -0.05) is 48.0 Å². The van der Waals surface area contributed by atoms with Gasteiger partial charge in [-0.25, -0.2) is 0 Å². The molecule has 174 valence electrons. The molecule has 0 saturated carbocycles. The first kappa shape index (κ1) is 22.3. The fourth-order valence-corrected chi connectivity index (χ4v) is 4.51. The Hall–Kier alpha value is -3.55. The summed E-state index contributed by atoms with van der Waals surface area (Å²) in [5, 5.41) is 13.4. The molecule has 1 atom stereocenters. The number of rotatable bonds is 6. The number of aromatic nitrogens is 2. The molecule has 0 radical (unpaired) electrons. The van der Waals surface area contributed by atoms with E-state index in [1.165, 1.54) is 5.56 Å². The molecular formula is C27H28FN5O. The normalized spacial score (nSPS) is 15.4. The Morgan fingerprint density at radius 2 is 1.85 bits per heavy atom. The van der Waals surface area contributed by atoms with E-state index in [1.807, 2.05) is 36.4 Å². The Kier molecular flexibility index (Phi) is 6.38. The van der Waals surface area contributed by atoms with Crippen molar-refractivity contribution >= 4 is 16.8 Å². The molecule has 4 aromatic rings. The summed E-state index contributed by atoms with van der Waals surface area (Å²) in [5.41, 5.74) is 5.10. The predicted molar refractivity (Wildman–Crippen MR) is 132 cm³/mol. The summed E-state index contributed by atoms with van der Waals surface area (Å²) < 4.78 is 14.0. The maximum atomic E-state index is 14.0. The van der Waals surface area contributed by atoms with Crippen molar-refractivity contribution in [3.05, 3.63) is 89.4 Å². The molecule has 1 aliphatic rings. The van der Waals surface area contributed by atoms with Gasteiger partial charge in [0, 0.05) is 38.3 Å². The van der Waals surface area contributed by atoms with Crippen LogP contribution < -0.4 is 10.6 Å². The fourth-order valence-electron chi connectivity index (χ4n) is 4.51. The lowest BCUT2D eigenvalue weighted by Gasteiger charge is -2.31. The molecule has 1 fully saturated rings. The van der Waals surface area contributed by atoms with E-state index < -0.39 is 5.95 Å². The number of aryl methyl sites for hydroxylation is 1. The molecule has 3 N–H and O–H groups in total. The van der Waals surface area contributed by atoms with Gasteiger partial charge in [0.1, 0.15) is 0 Å². The summed E-state index contributed by atoms with van der Waals surface area (Å²) in [7, 11) is 0. The maximum absolute atomic E-state index is 14.0. The van der Waals surface area contributed by atoms with Gasteiger partial charge in [0.05, 0.1) is 16.9 Å². The zero-order chi connectivity index (χ0) is 23.5. The highest BCUT2D eigenvalue weighted by molar-refractivity contribution is 5.96. The maximum Gasteiger partial charge on any atom is 0.251 e. The lowest BCUT2D eigenvalue weighted by molar-refractivity contribution is 0.0921. The van der Waals surface area contributed by atoms with Gasteiger partial charge >= 0.3 is 0 Å².